The lowest BCUT2D eigenvalue weighted by Gasteiger charge is -2.16. The van der Waals surface area contributed by atoms with Crippen molar-refractivity contribution in [2.24, 2.45) is 0 Å². The lowest BCUT2D eigenvalue weighted by Crippen LogP contribution is -2.30. The molecule has 1 aromatic carbocycles. The van der Waals surface area contributed by atoms with Crippen molar-refractivity contribution in [3.8, 4) is 0 Å². The molecule has 5 heteroatoms. The van der Waals surface area contributed by atoms with Gasteiger partial charge in [-0.2, -0.15) is 4.31 Å². The van der Waals surface area contributed by atoms with Crippen molar-refractivity contribution in [3.05, 3.63) is 29.8 Å². The van der Waals surface area contributed by atoms with Crippen LogP contribution in [0.15, 0.2) is 29.2 Å². The van der Waals surface area contributed by atoms with E-state index in [1.54, 1.807) is 16.4 Å². The molecule has 0 atom stereocenters. The minimum absolute atomic E-state index is 0.0420. The van der Waals surface area contributed by atoms with Gasteiger partial charge >= 0.3 is 0 Å². The van der Waals surface area contributed by atoms with Gasteiger partial charge in [0.2, 0.25) is 10.0 Å². The molecular weight excluding hydrogens is 284 g/mol. The minimum Gasteiger partial charge on any atom is -0.234 e. The number of sulfonamides is 1. The van der Waals surface area contributed by atoms with Crippen molar-refractivity contribution in [1.82, 2.24) is 4.31 Å². The molecule has 1 fully saturated rings. The molecule has 116 valence electrons. The lowest BCUT2D eigenvalue weighted by molar-refractivity contribution is -0.565. The Hall–Kier alpha value is -1.20. The van der Waals surface area contributed by atoms with Crippen LogP contribution >= 0.6 is 0 Å². The largest absolute Gasteiger partial charge is 0.243 e. The van der Waals surface area contributed by atoms with E-state index in [0.717, 1.165) is 18.4 Å². The third-order valence-corrected chi connectivity index (χ3v) is 5.90. The van der Waals surface area contributed by atoms with Gasteiger partial charge in [0.25, 0.3) is 0 Å². The first-order chi connectivity index (χ1) is 9.71. The van der Waals surface area contributed by atoms with E-state index < -0.39 is 10.0 Å². The van der Waals surface area contributed by atoms with E-state index in [4.69, 9.17) is 0 Å². The molecule has 2 rings (SSSR count). The van der Waals surface area contributed by atoms with Crippen LogP contribution in [0.3, 0.4) is 0 Å². The Balaban J connectivity index is 2.23. The average molecular weight is 309 g/mol. The van der Waals surface area contributed by atoms with Gasteiger partial charge in [0.05, 0.1) is 4.90 Å². The molecule has 0 bridgehead atoms. The SMILES string of the molecule is C/[N+](=C/c1ccc(S(=O)(=O)N2CCCC2)cc1)C(C)(C)C. The second-order valence-corrected chi connectivity index (χ2v) is 8.53. The van der Waals surface area contributed by atoms with E-state index in [2.05, 4.69) is 25.3 Å². The molecule has 0 radical (unpaired) electrons. The van der Waals surface area contributed by atoms with E-state index >= 15 is 0 Å². The first-order valence-electron chi connectivity index (χ1n) is 7.39. The summed E-state index contributed by atoms with van der Waals surface area (Å²) >= 11 is 0. The molecular formula is C16H25N2O2S+. The van der Waals surface area contributed by atoms with Crippen molar-refractivity contribution < 1.29 is 13.0 Å². The topological polar surface area (TPSA) is 40.4 Å². The van der Waals surface area contributed by atoms with E-state index in [9.17, 15) is 8.42 Å². The maximum Gasteiger partial charge on any atom is 0.243 e. The van der Waals surface area contributed by atoms with Crippen molar-refractivity contribution >= 4 is 16.2 Å². The molecule has 1 saturated heterocycles. The number of benzene rings is 1. The van der Waals surface area contributed by atoms with Crippen LogP contribution < -0.4 is 0 Å². The normalized spacial score (nSPS) is 18.2. The highest BCUT2D eigenvalue weighted by Gasteiger charge is 2.27. The predicted molar refractivity (Wildman–Crippen MR) is 85.5 cm³/mol. The lowest BCUT2D eigenvalue weighted by atomic mass is 10.1. The van der Waals surface area contributed by atoms with Crippen LogP contribution in [0, 0.1) is 0 Å². The van der Waals surface area contributed by atoms with E-state index in [1.807, 2.05) is 25.4 Å². The van der Waals surface area contributed by atoms with Gasteiger partial charge in [0.15, 0.2) is 11.8 Å². The molecule has 0 amide bonds. The Labute approximate surface area is 128 Å². The van der Waals surface area contributed by atoms with Gasteiger partial charge in [-0.15, -0.1) is 0 Å². The zero-order valence-electron chi connectivity index (χ0n) is 13.3. The molecule has 0 spiro atoms. The van der Waals surface area contributed by atoms with Crippen LogP contribution in [0.4, 0.5) is 0 Å². The summed E-state index contributed by atoms with van der Waals surface area (Å²) in [6.45, 7) is 7.69. The smallest absolute Gasteiger partial charge is 0.234 e. The highest BCUT2D eigenvalue weighted by atomic mass is 32.2. The van der Waals surface area contributed by atoms with Crippen LogP contribution in [0.2, 0.25) is 0 Å². The average Bonchev–Trinajstić information content (AvgIpc) is 2.92. The Kier molecular flexibility index (Phi) is 4.54. The van der Waals surface area contributed by atoms with Crippen LogP contribution in [-0.2, 0) is 10.0 Å². The van der Waals surface area contributed by atoms with Crippen molar-refractivity contribution in [2.75, 3.05) is 20.1 Å². The molecule has 1 aliphatic heterocycles. The molecule has 0 saturated carbocycles. The summed E-state index contributed by atoms with van der Waals surface area (Å²) in [5, 5.41) is 0. The summed E-state index contributed by atoms with van der Waals surface area (Å²) in [6.07, 6.45) is 3.95. The number of rotatable bonds is 3. The molecule has 4 nitrogen and oxygen atoms in total. The standard InChI is InChI=1S/C16H25N2O2S/c1-16(2,3)17(4)13-14-7-9-15(10-8-14)21(19,20)18-11-5-6-12-18/h7-10,13H,5-6,11-12H2,1-4H3/q+1/b17-13-. The minimum atomic E-state index is -3.31. The highest BCUT2D eigenvalue weighted by molar-refractivity contribution is 7.89. The van der Waals surface area contributed by atoms with Gasteiger partial charge in [0.1, 0.15) is 7.05 Å². The van der Waals surface area contributed by atoms with Gasteiger partial charge in [0, 0.05) is 18.7 Å². The van der Waals surface area contributed by atoms with Crippen molar-refractivity contribution in [2.45, 2.75) is 44.0 Å². The van der Waals surface area contributed by atoms with Crippen LogP contribution in [0.5, 0.6) is 0 Å². The van der Waals surface area contributed by atoms with Gasteiger partial charge in [-0.05, 0) is 57.9 Å². The van der Waals surface area contributed by atoms with E-state index in [1.165, 1.54) is 0 Å². The van der Waals surface area contributed by atoms with Gasteiger partial charge in [-0.1, -0.05) is 0 Å². The van der Waals surface area contributed by atoms with E-state index in [0.29, 0.717) is 18.0 Å². The summed E-state index contributed by atoms with van der Waals surface area (Å²) in [5.41, 5.74) is 1.05. The fourth-order valence-electron chi connectivity index (χ4n) is 2.22. The number of hydrogen-bond donors (Lipinski definition) is 0. The molecule has 0 unspecified atom stereocenters. The van der Waals surface area contributed by atoms with Gasteiger partial charge < -0.3 is 0 Å². The Morgan fingerprint density at radius 2 is 1.62 bits per heavy atom. The Morgan fingerprint density at radius 3 is 2.10 bits per heavy atom. The van der Waals surface area contributed by atoms with Crippen LogP contribution in [0.1, 0.15) is 39.2 Å². The van der Waals surface area contributed by atoms with Crippen LogP contribution in [0.25, 0.3) is 0 Å². The second kappa shape index (κ2) is 5.89. The fourth-order valence-corrected chi connectivity index (χ4v) is 3.74. The molecule has 0 aliphatic carbocycles. The third-order valence-electron chi connectivity index (χ3n) is 3.98. The molecule has 1 heterocycles. The molecule has 0 N–H and O–H groups in total. The third kappa shape index (κ3) is 3.71. The molecule has 21 heavy (non-hydrogen) atoms. The zero-order chi connectivity index (χ0) is 15.7. The van der Waals surface area contributed by atoms with E-state index in [-0.39, 0.29) is 5.54 Å². The quantitative estimate of drug-likeness (QED) is 0.635. The summed E-state index contributed by atoms with van der Waals surface area (Å²) < 4.78 is 28.6. The van der Waals surface area contributed by atoms with Crippen molar-refractivity contribution in [3.63, 3.8) is 0 Å². The van der Waals surface area contributed by atoms with Crippen molar-refractivity contribution in [1.29, 1.82) is 0 Å². The second-order valence-electron chi connectivity index (χ2n) is 6.59. The van der Waals surface area contributed by atoms with Crippen LogP contribution in [-0.4, -0.2) is 49.2 Å². The van der Waals surface area contributed by atoms with Gasteiger partial charge in [-0.3, -0.25) is 0 Å². The summed E-state index contributed by atoms with van der Waals surface area (Å²) in [5.74, 6) is 0. The Bertz CT molecular complexity index is 619. The molecule has 0 aromatic heterocycles. The first kappa shape index (κ1) is 16.2. The summed E-state index contributed by atoms with van der Waals surface area (Å²) in [6, 6.07) is 7.14. The maximum atomic E-state index is 12.4. The summed E-state index contributed by atoms with van der Waals surface area (Å²) in [7, 11) is -1.28. The number of nitrogens with zero attached hydrogens (tertiary/aromatic N) is 2. The zero-order valence-corrected chi connectivity index (χ0v) is 14.2. The molecule has 1 aliphatic rings. The number of hydrogen-bond acceptors (Lipinski definition) is 2. The monoisotopic (exact) mass is 309 g/mol. The maximum absolute atomic E-state index is 12.4. The molecule has 1 aromatic rings. The summed E-state index contributed by atoms with van der Waals surface area (Å²) in [4.78, 5) is 0.389. The highest BCUT2D eigenvalue weighted by Crippen LogP contribution is 2.20. The first-order valence-corrected chi connectivity index (χ1v) is 8.83. The fraction of sp³-hybridized carbons (Fsp3) is 0.562. The Morgan fingerprint density at radius 1 is 1.10 bits per heavy atom. The van der Waals surface area contributed by atoms with Gasteiger partial charge in [-0.25, -0.2) is 13.0 Å². The predicted octanol–water partition coefficient (Wildman–Crippen LogP) is 2.33.